The van der Waals surface area contributed by atoms with Crippen molar-refractivity contribution in [3.8, 4) is 11.3 Å². The topological polar surface area (TPSA) is 49.9 Å². The highest BCUT2D eigenvalue weighted by Crippen LogP contribution is 2.42. The third-order valence-electron chi connectivity index (χ3n) is 6.39. The first-order valence-corrected chi connectivity index (χ1v) is 13.1. The van der Waals surface area contributed by atoms with Crippen molar-refractivity contribution in [1.82, 2.24) is 4.98 Å². The van der Waals surface area contributed by atoms with E-state index < -0.39 is 15.1 Å². The van der Waals surface area contributed by atoms with Gasteiger partial charge in [-0.3, -0.25) is 0 Å². The van der Waals surface area contributed by atoms with Crippen molar-refractivity contribution in [2.45, 2.75) is 29.9 Å². The third kappa shape index (κ3) is 4.29. The van der Waals surface area contributed by atoms with Crippen LogP contribution in [0.5, 0.6) is 0 Å². The zero-order valence-corrected chi connectivity index (χ0v) is 19.9. The molecule has 0 aliphatic rings. The molecule has 5 rings (SSSR count). The Balaban J connectivity index is 1.71. The molecule has 0 amide bonds. The van der Waals surface area contributed by atoms with Gasteiger partial charge in [0.2, 0.25) is 0 Å². The molecular weight excluding hydrogens is 438 g/mol. The minimum Gasteiger partial charge on any atom is -0.354 e. The van der Waals surface area contributed by atoms with Gasteiger partial charge in [-0.1, -0.05) is 96.6 Å². The molecule has 1 heterocycles. The molecule has 34 heavy (non-hydrogen) atoms. The fraction of sp³-hybridized carbons (Fsp3) is 0.133. The highest BCUT2D eigenvalue weighted by atomic mass is 32.2. The third-order valence-corrected chi connectivity index (χ3v) is 8.54. The second-order valence-corrected chi connectivity index (χ2v) is 10.8. The maximum atomic E-state index is 14.2. The zero-order chi connectivity index (χ0) is 23.5. The molecule has 170 valence electrons. The molecule has 1 atom stereocenters. The average molecular weight is 466 g/mol. The molecule has 0 fully saturated rings. The second kappa shape index (κ2) is 9.32. The van der Waals surface area contributed by atoms with E-state index in [-0.39, 0.29) is 0 Å². The number of para-hydroxylation sites is 1. The SMILES string of the molecule is Cc1ccc(S(=O)(=O)C(CCc2ccccc2)c2c(-c3ccccc3)[nH]c3ccccc23)cc1. The van der Waals surface area contributed by atoms with E-state index in [1.165, 1.54) is 0 Å². The molecule has 0 aliphatic heterocycles. The van der Waals surface area contributed by atoms with Crippen molar-refractivity contribution in [2.24, 2.45) is 0 Å². The maximum Gasteiger partial charge on any atom is 0.185 e. The van der Waals surface area contributed by atoms with Gasteiger partial charge in [-0.05, 0) is 49.1 Å². The Hall–Kier alpha value is -3.63. The molecule has 1 aromatic heterocycles. The minimum absolute atomic E-state index is 0.362. The molecule has 0 bridgehead atoms. The van der Waals surface area contributed by atoms with Gasteiger partial charge in [0, 0.05) is 16.5 Å². The van der Waals surface area contributed by atoms with Gasteiger partial charge in [-0.25, -0.2) is 8.42 Å². The molecule has 5 aromatic rings. The van der Waals surface area contributed by atoms with Crippen LogP contribution in [0.2, 0.25) is 0 Å². The summed E-state index contributed by atoms with van der Waals surface area (Å²) in [6.45, 7) is 1.97. The molecule has 0 saturated heterocycles. The Labute approximate surface area is 201 Å². The lowest BCUT2D eigenvalue weighted by Gasteiger charge is -2.20. The monoisotopic (exact) mass is 465 g/mol. The van der Waals surface area contributed by atoms with Gasteiger partial charge in [0.05, 0.1) is 15.8 Å². The van der Waals surface area contributed by atoms with Gasteiger partial charge in [-0.2, -0.15) is 0 Å². The lowest BCUT2D eigenvalue weighted by molar-refractivity contribution is 0.575. The summed E-state index contributed by atoms with van der Waals surface area (Å²) in [4.78, 5) is 3.89. The Morgan fingerprint density at radius 3 is 2.06 bits per heavy atom. The number of sulfone groups is 1. The molecule has 4 aromatic carbocycles. The molecule has 0 aliphatic carbocycles. The van der Waals surface area contributed by atoms with Crippen LogP contribution in [-0.2, 0) is 16.3 Å². The van der Waals surface area contributed by atoms with Crippen LogP contribution in [-0.4, -0.2) is 13.4 Å². The number of hydrogen-bond donors (Lipinski definition) is 1. The minimum atomic E-state index is -3.65. The first-order valence-electron chi connectivity index (χ1n) is 11.5. The lowest BCUT2D eigenvalue weighted by Crippen LogP contribution is -2.16. The normalized spacial score (nSPS) is 12.6. The van der Waals surface area contributed by atoms with Crippen LogP contribution in [0, 0.1) is 6.92 Å². The van der Waals surface area contributed by atoms with E-state index in [1.54, 1.807) is 12.1 Å². The molecule has 0 saturated carbocycles. The quantitative estimate of drug-likeness (QED) is 0.274. The summed E-state index contributed by atoms with van der Waals surface area (Å²) in [5.74, 6) is 0. The van der Waals surface area contributed by atoms with Crippen LogP contribution in [0.15, 0.2) is 114 Å². The van der Waals surface area contributed by atoms with Crippen LogP contribution in [0.1, 0.15) is 28.4 Å². The number of nitrogens with one attached hydrogen (secondary N) is 1. The maximum absolute atomic E-state index is 14.2. The van der Waals surface area contributed by atoms with Gasteiger partial charge >= 0.3 is 0 Å². The number of rotatable bonds is 7. The summed E-state index contributed by atoms with van der Waals surface area (Å²) >= 11 is 0. The molecule has 4 heteroatoms. The highest BCUT2D eigenvalue weighted by molar-refractivity contribution is 7.91. The van der Waals surface area contributed by atoms with Crippen molar-refractivity contribution in [3.05, 3.63) is 126 Å². The Kier molecular flexibility index (Phi) is 6.08. The number of hydrogen-bond acceptors (Lipinski definition) is 2. The Morgan fingerprint density at radius 2 is 1.35 bits per heavy atom. The largest absolute Gasteiger partial charge is 0.354 e. The molecule has 1 unspecified atom stereocenters. The van der Waals surface area contributed by atoms with Crippen molar-refractivity contribution in [1.29, 1.82) is 0 Å². The van der Waals surface area contributed by atoms with Gasteiger partial charge in [0.25, 0.3) is 0 Å². The molecular formula is C30H27NO2S. The highest BCUT2D eigenvalue weighted by Gasteiger charge is 2.33. The zero-order valence-electron chi connectivity index (χ0n) is 19.1. The van der Waals surface area contributed by atoms with Crippen LogP contribution in [0.3, 0.4) is 0 Å². The summed E-state index contributed by atoms with van der Waals surface area (Å²) < 4.78 is 28.4. The van der Waals surface area contributed by atoms with E-state index in [0.29, 0.717) is 17.7 Å². The van der Waals surface area contributed by atoms with Crippen LogP contribution < -0.4 is 0 Å². The predicted octanol–water partition coefficient (Wildman–Crippen LogP) is 7.29. The van der Waals surface area contributed by atoms with Gasteiger partial charge in [0.1, 0.15) is 0 Å². The summed E-state index contributed by atoms with van der Waals surface area (Å²) in [6.07, 6.45) is 1.16. The number of aromatic amines is 1. The van der Waals surface area contributed by atoms with Crippen LogP contribution in [0.4, 0.5) is 0 Å². The number of aromatic nitrogens is 1. The van der Waals surface area contributed by atoms with Crippen molar-refractivity contribution in [2.75, 3.05) is 0 Å². The molecule has 3 nitrogen and oxygen atoms in total. The molecule has 0 spiro atoms. The summed E-state index contributed by atoms with van der Waals surface area (Å²) in [6, 6.07) is 35.3. The summed E-state index contributed by atoms with van der Waals surface area (Å²) in [5, 5.41) is 0.261. The van der Waals surface area contributed by atoms with Crippen molar-refractivity contribution >= 4 is 20.7 Å². The standard InChI is InChI=1S/C30H27NO2S/c1-22-16-19-25(20-17-22)34(32,33)28(21-18-23-10-4-2-5-11-23)29-26-14-8-9-15-27(26)31-30(29)24-12-6-3-7-13-24/h2-17,19-20,28,31H,18,21H2,1H3. The number of benzene rings is 4. The van der Waals surface area contributed by atoms with E-state index in [0.717, 1.165) is 38.9 Å². The predicted molar refractivity (Wildman–Crippen MR) is 140 cm³/mol. The molecule has 1 N–H and O–H groups in total. The van der Waals surface area contributed by atoms with E-state index in [9.17, 15) is 8.42 Å². The van der Waals surface area contributed by atoms with Crippen molar-refractivity contribution < 1.29 is 8.42 Å². The van der Waals surface area contributed by atoms with E-state index in [1.807, 2.05) is 91.9 Å². The number of H-pyrrole nitrogens is 1. The van der Waals surface area contributed by atoms with Crippen LogP contribution >= 0.6 is 0 Å². The number of aryl methyl sites for hydroxylation is 2. The fourth-order valence-electron chi connectivity index (χ4n) is 4.62. The number of fused-ring (bicyclic) bond motifs is 1. The Bertz CT molecular complexity index is 1500. The van der Waals surface area contributed by atoms with Gasteiger partial charge < -0.3 is 4.98 Å². The lowest BCUT2D eigenvalue weighted by atomic mass is 9.98. The second-order valence-electron chi connectivity index (χ2n) is 8.70. The first-order chi connectivity index (χ1) is 16.5. The first kappa shape index (κ1) is 22.2. The van der Waals surface area contributed by atoms with E-state index >= 15 is 0 Å². The summed E-state index contributed by atoms with van der Waals surface area (Å²) in [5.41, 5.74) is 5.82. The van der Waals surface area contributed by atoms with Crippen LogP contribution in [0.25, 0.3) is 22.2 Å². The van der Waals surface area contributed by atoms with E-state index in [4.69, 9.17) is 0 Å². The molecule has 0 radical (unpaired) electrons. The average Bonchev–Trinajstić information content (AvgIpc) is 3.25. The van der Waals surface area contributed by atoms with E-state index in [2.05, 4.69) is 17.1 Å². The Morgan fingerprint density at radius 1 is 0.735 bits per heavy atom. The summed E-state index contributed by atoms with van der Waals surface area (Å²) in [7, 11) is -3.65. The fourth-order valence-corrected chi connectivity index (χ4v) is 6.45. The smallest absolute Gasteiger partial charge is 0.185 e. The van der Waals surface area contributed by atoms with Gasteiger partial charge in [0.15, 0.2) is 9.84 Å². The van der Waals surface area contributed by atoms with Crippen molar-refractivity contribution in [3.63, 3.8) is 0 Å². The van der Waals surface area contributed by atoms with Gasteiger partial charge in [-0.15, -0.1) is 0 Å².